The number of amides is 1. The van der Waals surface area contributed by atoms with Crippen LogP contribution in [0.2, 0.25) is 0 Å². The van der Waals surface area contributed by atoms with Gasteiger partial charge in [0, 0.05) is 39.6 Å². The van der Waals surface area contributed by atoms with Crippen molar-refractivity contribution in [3.8, 4) is 0 Å². The smallest absolute Gasteiger partial charge is 0.407 e. The Hall–Kier alpha value is -1.45. The maximum Gasteiger partial charge on any atom is 0.407 e. The normalized spacial score (nSPS) is 13.0. The molecule has 1 heterocycles. The summed E-state index contributed by atoms with van der Waals surface area (Å²) in [5, 5.41) is 9.44. The third-order valence-corrected chi connectivity index (χ3v) is 3.57. The van der Waals surface area contributed by atoms with Crippen LogP contribution in [0, 0.1) is 5.92 Å². The number of rotatable bonds is 6. The van der Waals surface area contributed by atoms with Gasteiger partial charge in [-0.25, -0.2) is 4.79 Å². The topological polar surface area (TPSA) is 79.7 Å². The highest BCUT2D eigenvalue weighted by Crippen LogP contribution is 2.08. The Kier molecular flexibility index (Phi) is 10.7. The van der Waals surface area contributed by atoms with Gasteiger partial charge in [0.15, 0.2) is 5.96 Å². The predicted octanol–water partition coefficient (Wildman–Crippen LogP) is 2.86. The molecule has 0 bridgehead atoms. The SMILES string of the molecule is CN=C(NCc1ccn(C)c1)NCC(NC(=O)OC(C)(C)C)C(C)C.I. The van der Waals surface area contributed by atoms with Crippen molar-refractivity contribution in [2.24, 2.45) is 18.0 Å². The first-order valence-electron chi connectivity index (χ1n) is 8.65. The number of aromatic nitrogens is 1. The highest BCUT2D eigenvalue weighted by Gasteiger charge is 2.21. The molecule has 0 aromatic carbocycles. The van der Waals surface area contributed by atoms with Gasteiger partial charge in [-0.05, 0) is 38.3 Å². The molecule has 1 unspecified atom stereocenters. The Morgan fingerprint density at radius 1 is 1.31 bits per heavy atom. The quantitative estimate of drug-likeness (QED) is 0.333. The molecule has 1 aromatic rings. The van der Waals surface area contributed by atoms with Gasteiger partial charge < -0.3 is 25.3 Å². The lowest BCUT2D eigenvalue weighted by atomic mass is 10.0. The number of hydrogen-bond acceptors (Lipinski definition) is 3. The third kappa shape index (κ3) is 9.88. The number of ether oxygens (including phenoxy) is 1. The number of halogens is 1. The summed E-state index contributed by atoms with van der Waals surface area (Å²) in [5.74, 6) is 0.952. The summed E-state index contributed by atoms with van der Waals surface area (Å²) in [7, 11) is 3.72. The molecule has 3 N–H and O–H groups in total. The zero-order chi connectivity index (χ0) is 19.0. The van der Waals surface area contributed by atoms with Crippen LogP contribution in [-0.2, 0) is 18.3 Å². The van der Waals surface area contributed by atoms with Gasteiger partial charge in [-0.2, -0.15) is 0 Å². The molecule has 0 fully saturated rings. The summed E-state index contributed by atoms with van der Waals surface area (Å²) in [4.78, 5) is 16.2. The number of hydrogen-bond donors (Lipinski definition) is 3. The molecule has 1 aromatic heterocycles. The van der Waals surface area contributed by atoms with Crippen molar-refractivity contribution in [1.82, 2.24) is 20.5 Å². The Morgan fingerprint density at radius 2 is 1.96 bits per heavy atom. The van der Waals surface area contributed by atoms with E-state index in [2.05, 4.69) is 47.1 Å². The third-order valence-electron chi connectivity index (χ3n) is 3.57. The highest BCUT2D eigenvalue weighted by atomic mass is 127. The van der Waals surface area contributed by atoms with Gasteiger partial charge in [0.05, 0.1) is 6.04 Å². The molecule has 0 spiro atoms. The van der Waals surface area contributed by atoms with Crippen LogP contribution in [0.15, 0.2) is 23.5 Å². The molecule has 7 nitrogen and oxygen atoms in total. The molecule has 1 amide bonds. The molecule has 26 heavy (non-hydrogen) atoms. The highest BCUT2D eigenvalue weighted by molar-refractivity contribution is 14.0. The van der Waals surface area contributed by atoms with Gasteiger partial charge in [0.2, 0.25) is 0 Å². The minimum Gasteiger partial charge on any atom is -0.444 e. The summed E-state index contributed by atoms with van der Waals surface area (Å²) in [6.07, 6.45) is 3.66. The second-order valence-electron chi connectivity index (χ2n) is 7.49. The molecule has 150 valence electrons. The van der Waals surface area contributed by atoms with Gasteiger partial charge in [-0.15, -0.1) is 24.0 Å². The van der Waals surface area contributed by atoms with Crippen LogP contribution >= 0.6 is 24.0 Å². The Labute approximate surface area is 174 Å². The molecule has 0 aliphatic heterocycles. The lowest BCUT2D eigenvalue weighted by molar-refractivity contribution is 0.0491. The fourth-order valence-corrected chi connectivity index (χ4v) is 2.19. The summed E-state index contributed by atoms with van der Waals surface area (Å²) in [6, 6.07) is 1.99. The molecular weight excluding hydrogens is 445 g/mol. The zero-order valence-corrected chi connectivity index (χ0v) is 19.3. The maximum absolute atomic E-state index is 12.0. The van der Waals surface area contributed by atoms with Crippen LogP contribution < -0.4 is 16.0 Å². The number of guanidine groups is 1. The van der Waals surface area contributed by atoms with E-state index in [1.54, 1.807) is 7.05 Å². The number of carbonyl (C=O) groups excluding carboxylic acids is 1. The van der Waals surface area contributed by atoms with Gasteiger partial charge in [-0.1, -0.05) is 13.8 Å². The van der Waals surface area contributed by atoms with Crippen LogP contribution in [0.3, 0.4) is 0 Å². The first-order valence-corrected chi connectivity index (χ1v) is 8.65. The molecule has 0 radical (unpaired) electrons. The van der Waals surface area contributed by atoms with Crippen molar-refractivity contribution in [3.05, 3.63) is 24.0 Å². The van der Waals surface area contributed by atoms with Gasteiger partial charge in [0.25, 0.3) is 0 Å². The zero-order valence-electron chi connectivity index (χ0n) is 16.9. The first-order chi connectivity index (χ1) is 11.6. The van der Waals surface area contributed by atoms with E-state index in [-0.39, 0.29) is 35.9 Å². The number of carbonyl (C=O) groups is 1. The molecule has 0 aliphatic rings. The van der Waals surface area contributed by atoms with Gasteiger partial charge in [-0.3, -0.25) is 4.99 Å². The van der Waals surface area contributed by atoms with E-state index in [1.807, 2.05) is 38.6 Å². The second kappa shape index (κ2) is 11.3. The van der Waals surface area contributed by atoms with E-state index < -0.39 is 11.7 Å². The minimum atomic E-state index is -0.508. The van der Waals surface area contributed by atoms with E-state index in [9.17, 15) is 4.79 Å². The molecule has 1 rings (SSSR count). The number of aliphatic imine (C=N–C) groups is 1. The van der Waals surface area contributed by atoms with E-state index in [0.717, 1.165) is 0 Å². The standard InChI is InChI=1S/C18H33N5O2.HI/c1-13(2)15(22-17(24)25-18(3,4)5)11-21-16(19-6)20-10-14-8-9-23(7)12-14;/h8-9,12-13,15H,10-11H2,1-7H3,(H,22,24)(H2,19,20,21);1H. The average Bonchev–Trinajstić information content (AvgIpc) is 2.89. The minimum absolute atomic E-state index is 0. The van der Waals surface area contributed by atoms with E-state index >= 15 is 0 Å². The predicted molar refractivity (Wildman–Crippen MR) is 117 cm³/mol. The van der Waals surface area contributed by atoms with Crippen molar-refractivity contribution >= 4 is 36.0 Å². The molecule has 0 aliphatic carbocycles. The van der Waals surface area contributed by atoms with Crippen molar-refractivity contribution in [3.63, 3.8) is 0 Å². The van der Waals surface area contributed by atoms with Crippen LogP contribution in [0.1, 0.15) is 40.2 Å². The lowest BCUT2D eigenvalue weighted by Gasteiger charge is -2.26. The van der Waals surface area contributed by atoms with Crippen molar-refractivity contribution in [2.45, 2.75) is 52.8 Å². The summed E-state index contributed by atoms with van der Waals surface area (Å²) < 4.78 is 7.34. The van der Waals surface area contributed by atoms with Crippen LogP contribution in [-0.4, -0.2) is 41.9 Å². The van der Waals surface area contributed by atoms with Crippen molar-refractivity contribution < 1.29 is 9.53 Å². The number of nitrogens with one attached hydrogen (secondary N) is 3. The van der Waals surface area contributed by atoms with E-state index in [0.29, 0.717) is 19.0 Å². The Balaban J connectivity index is 0.00000625. The van der Waals surface area contributed by atoms with E-state index in [1.165, 1.54) is 5.56 Å². The molecule has 0 saturated heterocycles. The second-order valence-corrected chi connectivity index (χ2v) is 7.49. The molecular formula is C18H34IN5O2. The summed E-state index contributed by atoms with van der Waals surface area (Å²) in [5.41, 5.74) is 0.671. The number of aryl methyl sites for hydroxylation is 1. The molecule has 8 heteroatoms. The fraction of sp³-hybridized carbons (Fsp3) is 0.667. The van der Waals surface area contributed by atoms with Crippen LogP contribution in [0.4, 0.5) is 4.79 Å². The van der Waals surface area contributed by atoms with Gasteiger partial charge >= 0.3 is 6.09 Å². The average molecular weight is 479 g/mol. The maximum atomic E-state index is 12.0. The van der Waals surface area contributed by atoms with E-state index in [4.69, 9.17) is 4.74 Å². The Morgan fingerprint density at radius 3 is 2.42 bits per heavy atom. The number of alkyl carbamates (subject to hydrolysis) is 1. The van der Waals surface area contributed by atoms with Crippen molar-refractivity contribution in [1.29, 1.82) is 0 Å². The first kappa shape index (κ1) is 24.6. The Bertz CT molecular complexity index is 578. The summed E-state index contributed by atoms with van der Waals surface area (Å²) in [6.45, 7) is 10.9. The van der Waals surface area contributed by atoms with Crippen LogP contribution in [0.5, 0.6) is 0 Å². The van der Waals surface area contributed by atoms with Crippen molar-refractivity contribution in [2.75, 3.05) is 13.6 Å². The number of nitrogens with zero attached hydrogens (tertiary/aromatic N) is 2. The molecule has 1 atom stereocenters. The molecule has 0 saturated carbocycles. The lowest BCUT2D eigenvalue weighted by Crippen LogP contribution is -2.50. The fourth-order valence-electron chi connectivity index (χ4n) is 2.19. The van der Waals surface area contributed by atoms with Crippen LogP contribution in [0.25, 0.3) is 0 Å². The largest absolute Gasteiger partial charge is 0.444 e. The monoisotopic (exact) mass is 479 g/mol. The summed E-state index contributed by atoms with van der Waals surface area (Å²) >= 11 is 0. The van der Waals surface area contributed by atoms with Gasteiger partial charge in [0.1, 0.15) is 5.60 Å².